The maximum Gasteiger partial charge on any atom is 0.257 e. The van der Waals surface area contributed by atoms with Crippen molar-refractivity contribution in [2.24, 2.45) is 0 Å². The first-order valence-corrected chi connectivity index (χ1v) is 8.62. The van der Waals surface area contributed by atoms with E-state index in [4.69, 9.17) is 4.74 Å². The van der Waals surface area contributed by atoms with Crippen LogP contribution in [0.15, 0.2) is 72.8 Å². The van der Waals surface area contributed by atoms with E-state index in [-0.39, 0.29) is 11.7 Å². The molecule has 4 aromatic rings. The number of benzene rings is 2. The number of nitrogens with zero attached hydrogens (tertiary/aromatic N) is 2. The number of hydrogen-bond donors (Lipinski definition) is 1. The fourth-order valence-corrected chi connectivity index (χ4v) is 2.93. The number of para-hydroxylation sites is 1. The highest BCUT2D eigenvalue weighted by atomic mass is 19.1. The summed E-state index contributed by atoms with van der Waals surface area (Å²) in [5.41, 5.74) is 2.62. The van der Waals surface area contributed by atoms with Crippen molar-refractivity contribution in [1.29, 1.82) is 0 Å². The van der Waals surface area contributed by atoms with Crippen LogP contribution in [-0.2, 0) is 0 Å². The number of pyridine rings is 2. The van der Waals surface area contributed by atoms with Crippen molar-refractivity contribution in [1.82, 2.24) is 9.97 Å². The first-order chi connectivity index (χ1) is 13.6. The highest BCUT2D eigenvalue weighted by Crippen LogP contribution is 2.27. The molecule has 0 aliphatic carbocycles. The molecule has 0 saturated heterocycles. The molecule has 138 valence electrons. The third-order valence-electron chi connectivity index (χ3n) is 4.30. The average Bonchev–Trinajstić information content (AvgIpc) is 2.73. The molecule has 0 radical (unpaired) electrons. The predicted octanol–water partition coefficient (Wildman–Crippen LogP) is 4.70. The number of ether oxygens (including phenoxy) is 1. The Bertz CT molecular complexity index is 1160. The highest BCUT2D eigenvalue weighted by molar-refractivity contribution is 6.12. The molecule has 0 aliphatic heterocycles. The van der Waals surface area contributed by atoms with Crippen LogP contribution in [0.25, 0.3) is 22.2 Å². The van der Waals surface area contributed by atoms with Crippen molar-refractivity contribution in [2.45, 2.75) is 0 Å². The lowest BCUT2D eigenvalue weighted by Gasteiger charge is -2.11. The van der Waals surface area contributed by atoms with Crippen LogP contribution in [0.1, 0.15) is 10.4 Å². The van der Waals surface area contributed by atoms with Crippen LogP contribution in [0, 0.1) is 5.95 Å². The summed E-state index contributed by atoms with van der Waals surface area (Å²) in [7, 11) is 1.60. The molecule has 0 aliphatic rings. The molecule has 0 fully saturated rings. The lowest BCUT2D eigenvalue weighted by Crippen LogP contribution is -2.14. The number of anilines is 1. The summed E-state index contributed by atoms with van der Waals surface area (Å²) in [6.45, 7) is 0. The van der Waals surface area contributed by atoms with Gasteiger partial charge >= 0.3 is 0 Å². The van der Waals surface area contributed by atoms with Gasteiger partial charge in [-0.1, -0.05) is 24.3 Å². The second-order valence-electron chi connectivity index (χ2n) is 6.10. The molecule has 0 spiro atoms. The van der Waals surface area contributed by atoms with Crippen molar-refractivity contribution >= 4 is 22.6 Å². The molecule has 0 atom stereocenters. The van der Waals surface area contributed by atoms with Crippen molar-refractivity contribution < 1.29 is 13.9 Å². The van der Waals surface area contributed by atoms with E-state index in [0.29, 0.717) is 22.2 Å². The lowest BCUT2D eigenvalue weighted by molar-refractivity contribution is 0.102. The van der Waals surface area contributed by atoms with Crippen LogP contribution in [-0.4, -0.2) is 23.0 Å². The van der Waals surface area contributed by atoms with Gasteiger partial charge in [0, 0.05) is 10.9 Å². The van der Waals surface area contributed by atoms with E-state index in [9.17, 15) is 9.18 Å². The van der Waals surface area contributed by atoms with Gasteiger partial charge in [-0.05, 0) is 48.5 Å². The molecule has 2 aromatic heterocycles. The third kappa shape index (κ3) is 3.53. The molecule has 1 N–H and O–H groups in total. The second kappa shape index (κ2) is 7.44. The number of amides is 1. The highest BCUT2D eigenvalue weighted by Gasteiger charge is 2.15. The normalized spacial score (nSPS) is 10.6. The Kier molecular flexibility index (Phi) is 4.68. The van der Waals surface area contributed by atoms with E-state index in [1.807, 2.05) is 48.5 Å². The SMILES string of the molecule is COc1ccc(-c2cc(C(=O)Nc3cccc(F)n3)c3ccccc3n2)cc1. The molecule has 5 nitrogen and oxygen atoms in total. The smallest absolute Gasteiger partial charge is 0.257 e. The molecule has 2 aromatic carbocycles. The number of carbonyl (C=O) groups is 1. The Labute approximate surface area is 160 Å². The Morgan fingerprint density at radius 1 is 0.964 bits per heavy atom. The molecule has 0 saturated carbocycles. The van der Waals surface area contributed by atoms with Gasteiger partial charge in [0.05, 0.1) is 23.9 Å². The topological polar surface area (TPSA) is 64.1 Å². The van der Waals surface area contributed by atoms with Gasteiger partial charge in [0.1, 0.15) is 11.6 Å². The number of hydrogen-bond acceptors (Lipinski definition) is 4. The second-order valence-corrected chi connectivity index (χ2v) is 6.10. The molecule has 4 rings (SSSR count). The van der Waals surface area contributed by atoms with Gasteiger partial charge in [-0.2, -0.15) is 4.39 Å². The van der Waals surface area contributed by atoms with Crippen LogP contribution < -0.4 is 10.1 Å². The largest absolute Gasteiger partial charge is 0.497 e. The Morgan fingerprint density at radius 3 is 2.50 bits per heavy atom. The fraction of sp³-hybridized carbons (Fsp3) is 0.0455. The zero-order valence-corrected chi connectivity index (χ0v) is 15.0. The van der Waals surface area contributed by atoms with Gasteiger partial charge in [-0.3, -0.25) is 4.79 Å². The minimum Gasteiger partial charge on any atom is -0.497 e. The van der Waals surface area contributed by atoms with Crippen LogP contribution in [0.3, 0.4) is 0 Å². The number of rotatable bonds is 4. The first-order valence-electron chi connectivity index (χ1n) is 8.62. The summed E-state index contributed by atoms with van der Waals surface area (Å²) in [4.78, 5) is 21.3. The number of carbonyl (C=O) groups excluding carboxylic acids is 1. The summed E-state index contributed by atoms with van der Waals surface area (Å²) in [5, 5.41) is 3.35. The maximum absolute atomic E-state index is 13.3. The molecule has 1 amide bonds. The fourth-order valence-electron chi connectivity index (χ4n) is 2.93. The van der Waals surface area contributed by atoms with Gasteiger partial charge in [0.15, 0.2) is 0 Å². The zero-order valence-electron chi connectivity index (χ0n) is 15.0. The van der Waals surface area contributed by atoms with Crippen LogP contribution in [0.4, 0.5) is 10.2 Å². The standard InChI is InChI=1S/C22H16FN3O2/c1-28-15-11-9-14(10-12-15)19-13-17(16-5-2-3-6-18(16)24-19)22(27)26-21-8-4-7-20(23)25-21/h2-13H,1H3,(H,25,26,27). The Hall–Kier alpha value is -3.80. The van der Waals surface area contributed by atoms with Crippen LogP contribution in [0.5, 0.6) is 5.75 Å². The number of nitrogens with one attached hydrogen (secondary N) is 1. The summed E-state index contributed by atoms with van der Waals surface area (Å²) in [6, 6.07) is 20.8. The Balaban J connectivity index is 1.78. The molecular weight excluding hydrogens is 357 g/mol. The minimum absolute atomic E-state index is 0.150. The van der Waals surface area contributed by atoms with Gasteiger partial charge in [0.2, 0.25) is 5.95 Å². The van der Waals surface area contributed by atoms with E-state index in [0.717, 1.165) is 11.3 Å². The quantitative estimate of drug-likeness (QED) is 0.527. The van der Waals surface area contributed by atoms with Crippen LogP contribution >= 0.6 is 0 Å². The summed E-state index contributed by atoms with van der Waals surface area (Å²) in [6.07, 6.45) is 0. The molecular formula is C22H16FN3O2. The maximum atomic E-state index is 13.3. The van der Waals surface area contributed by atoms with Crippen molar-refractivity contribution in [3.63, 3.8) is 0 Å². The Morgan fingerprint density at radius 2 is 1.75 bits per heavy atom. The van der Waals surface area contributed by atoms with E-state index >= 15 is 0 Å². The van der Waals surface area contributed by atoms with Crippen LogP contribution in [0.2, 0.25) is 0 Å². The van der Waals surface area contributed by atoms with Gasteiger partial charge in [-0.25, -0.2) is 9.97 Å². The van der Waals surface area contributed by atoms with Crippen molar-refractivity contribution in [3.8, 4) is 17.0 Å². The third-order valence-corrected chi connectivity index (χ3v) is 4.30. The van der Waals surface area contributed by atoms with E-state index in [2.05, 4.69) is 15.3 Å². The molecule has 28 heavy (non-hydrogen) atoms. The first kappa shape index (κ1) is 17.6. The number of methoxy groups -OCH3 is 1. The van der Waals surface area contributed by atoms with Crippen molar-refractivity contribution in [3.05, 3.63) is 84.3 Å². The summed E-state index contributed by atoms with van der Waals surface area (Å²) < 4.78 is 18.5. The van der Waals surface area contributed by atoms with Gasteiger partial charge in [0.25, 0.3) is 5.91 Å². The lowest BCUT2D eigenvalue weighted by atomic mass is 10.0. The number of fused-ring (bicyclic) bond motifs is 1. The minimum atomic E-state index is -0.656. The molecule has 0 bridgehead atoms. The average molecular weight is 373 g/mol. The molecule has 0 unspecified atom stereocenters. The van der Waals surface area contributed by atoms with E-state index in [1.54, 1.807) is 13.2 Å². The van der Waals surface area contributed by atoms with E-state index < -0.39 is 5.95 Å². The summed E-state index contributed by atoms with van der Waals surface area (Å²) in [5.74, 6) is -0.153. The van der Waals surface area contributed by atoms with Crippen molar-refractivity contribution in [2.75, 3.05) is 12.4 Å². The van der Waals surface area contributed by atoms with E-state index in [1.165, 1.54) is 18.2 Å². The van der Waals surface area contributed by atoms with Gasteiger partial charge < -0.3 is 10.1 Å². The number of aromatic nitrogens is 2. The van der Waals surface area contributed by atoms with Gasteiger partial charge in [-0.15, -0.1) is 0 Å². The predicted molar refractivity (Wildman–Crippen MR) is 106 cm³/mol. The monoisotopic (exact) mass is 373 g/mol. The molecule has 2 heterocycles. The molecule has 6 heteroatoms. The zero-order chi connectivity index (χ0) is 19.5. The summed E-state index contributed by atoms with van der Waals surface area (Å²) >= 11 is 0. The number of halogens is 1.